The van der Waals surface area contributed by atoms with Crippen molar-refractivity contribution in [1.29, 1.82) is 0 Å². The molecule has 1 heterocycles. The van der Waals surface area contributed by atoms with Gasteiger partial charge < -0.3 is 0 Å². The molecule has 1 aliphatic rings. The van der Waals surface area contributed by atoms with Gasteiger partial charge in [-0.3, -0.25) is 4.31 Å². The van der Waals surface area contributed by atoms with Crippen LogP contribution in [0, 0.1) is 24.4 Å². The molecule has 0 saturated carbocycles. The van der Waals surface area contributed by atoms with Crippen LogP contribution < -0.4 is 4.31 Å². The van der Waals surface area contributed by atoms with E-state index in [9.17, 15) is 21.6 Å². The fourth-order valence-electron chi connectivity index (χ4n) is 2.57. The van der Waals surface area contributed by atoms with Crippen LogP contribution in [-0.2, 0) is 16.4 Å². The van der Waals surface area contributed by atoms with E-state index in [-0.39, 0.29) is 24.2 Å². The zero-order valence-electron chi connectivity index (χ0n) is 11.6. The summed E-state index contributed by atoms with van der Waals surface area (Å²) in [5.41, 5.74) is 0.626. The van der Waals surface area contributed by atoms with Crippen molar-refractivity contribution in [2.45, 2.75) is 18.2 Å². The number of halogens is 3. The van der Waals surface area contributed by atoms with Crippen molar-refractivity contribution in [1.82, 2.24) is 0 Å². The largest absolute Gasteiger partial charge is 0.267 e. The van der Waals surface area contributed by atoms with Crippen molar-refractivity contribution in [3.63, 3.8) is 0 Å². The average Bonchev–Trinajstić information content (AvgIpc) is 2.86. The molecule has 0 atom stereocenters. The Bertz CT molecular complexity index is 865. The lowest BCUT2D eigenvalue weighted by Gasteiger charge is -2.20. The lowest BCUT2D eigenvalue weighted by molar-refractivity contribution is 0.564. The summed E-state index contributed by atoms with van der Waals surface area (Å²) < 4.78 is 67.1. The summed E-state index contributed by atoms with van der Waals surface area (Å²) in [6.45, 7) is 1.58. The number of anilines is 1. The number of sulfonamides is 1. The smallest absolute Gasteiger partial charge is 0.265 e. The molecule has 0 fully saturated rings. The van der Waals surface area contributed by atoms with Crippen molar-refractivity contribution < 1.29 is 21.6 Å². The van der Waals surface area contributed by atoms with Crippen LogP contribution in [0.4, 0.5) is 18.9 Å². The van der Waals surface area contributed by atoms with E-state index in [1.165, 1.54) is 12.1 Å². The molecule has 2 aromatic rings. The van der Waals surface area contributed by atoms with Gasteiger partial charge >= 0.3 is 0 Å². The van der Waals surface area contributed by atoms with Crippen LogP contribution in [0.25, 0.3) is 0 Å². The number of fused-ring (bicyclic) bond motifs is 1. The van der Waals surface area contributed by atoms with E-state index >= 15 is 0 Å². The minimum absolute atomic E-state index is 0.0502. The third kappa shape index (κ3) is 2.25. The quantitative estimate of drug-likeness (QED) is 0.850. The van der Waals surface area contributed by atoms with E-state index in [0.717, 1.165) is 16.4 Å². The molecule has 1 aliphatic heterocycles. The molecular formula is C15H12F3NO2S. The predicted octanol–water partition coefficient (Wildman–Crippen LogP) is 3.16. The van der Waals surface area contributed by atoms with Crippen LogP contribution in [0.3, 0.4) is 0 Å². The zero-order valence-corrected chi connectivity index (χ0v) is 12.4. The van der Waals surface area contributed by atoms with E-state index in [1.54, 1.807) is 6.92 Å². The lowest BCUT2D eigenvalue weighted by atomic mass is 10.1. The van der Waals surface area contributed by atoms with Crippen molar-refractivity contribution in [2.24, 2.45) is 0 Å². The highest BCUT2D eigenvalue weighted by atomic mass is 32.2. The summed E-state index contributed by atoms with van der Waals surface area (Å²) in [4.78, 5) is -0.495. The van der Waals surface area contributed by atoms with Gasteiger partial charge in [-0.05, 0) is 37.1 Å². The molecule has 0 aromatic heterocycles. The van der Waals surface area contributed by atoms with Crippen LogP contribution in [0.2, 0.25) is 0 Å². The maximum Gasteiger partial charge on any atom is 0.267 e. The van der Waals surface area contributed by atoms with Crippen LogP contribution in [0.15, 0.2) is 35.2 Å². The molecule has 0 N–H and O–H groups in total. The first-order chi connectivity index (χ1) is 10.3. The second-order valence-electron chi connectivity index (χ2n) is 5.15. The van der Waals surface area contributed by atoms with Gasteiger partial charge in [0.05, 0.1) is 5.69 Å². The minimum atomic E-state index is -4.21. The number of benzene rings is 2. The van der Waals surface area contributed by atoms with Gasteiger partial charge in [-0.25, -0.2) is 21.6 Å². The second kappa shape index (κ2) is 5.01. The molecular weight excluding hydrogens is 315 g/mol. The molecule has 0 unspecified atom stereocenters. The Labute approximate surface area is 126 Å². The molecule has 3 nitrogen and oxygen atoms in total. The average molecular weight is 327 g/mol. The van der Waals surface area contributed by atoms with Crippen molar-refractivity contribution >= 4 is 15.7 Å². The summed E-state index contributed by atoms with van der Waals surface area (Å²) in [6.07, 6.45) is 0.119. The summed E-state index contributed by atoms with van der Waals surface area (Å²) in [5, 5.41) is 0. The van der Waals surface area contributed by atoms with Gasteiger partial charge in [-0.2, -0.15) is 0 Å². The Balaban J connectivity index is 2.16. The molecule has 0 aliphatic carbocycles. The zero-order chi connectivity index (χ0) is 16.1. The maximum absolute atomic E-state index is 13.9. The number of aryl methyl sites for hydroxylation is 1. The standard InChI is InChI=1S/C15H12F3NO2S/c1-9-2-3-12(17)15(6-9)22(20,21)19-5-4-11-13(18)7-10(16)8-14(11)19/h2-3,6-8H,4-5H2,1H3. The van der Waals surface area contributed by atoms with Crippen LogP contribution in [0.5, 0.6) is 0 Å². The van der Waals surface area contributed by atoms with Crippen molar-refractivity contribution in [2.75, 3.05) is 10.8 Å². The Morgan fingerprint density at radius 3 is 2.50 bits per heavy atom. The van der Waals surface area contributed by atoms with Gasteiger partial charge in [-0.15, -0.1) is 0 Å². The van der Waals surface area contributed by atoms with E-state index in [4.69, 9.17) is 0 Å². The maximum atomic E-state index is 13.9. The first-order valence-electron chi connectivity index (χ1n) is 6.57. The molecule has 0 radical (unpaired) electrons. The molecule has 0 spiro atoms. The first-order valence-corrected chi connectivity index (χ1v) is 8.01. The third-order valence-corrected chi connectivity index (χ3v) is 5.45. The summed E-state index contributed by atoms with van der Waals surface area (Å²) in [6, 6.07) is 5.38. The number of rotatable bonds is 2. The summed E-state index contributed by atoms with van der Waals surface area (Å²) >= 11 is 0. The third-order valence-electron chi connectivity index (χ3n) is 3.63. The summed E-state index contributed by atoms with van der Waals surface area (Å²) in [5.74, 6) is -2.56. The fraction of sp³-hybridized carbons (Fsp3) is 0.200. The highest BCUT2D eigenvalue weighted by Gasteiger charge is 2.34. The van der Waals surface area contributed by atoms with Crippen LogP contribution >= 0.6 is 0 Å². The molecule has 7 heteroatoms. The van der Waals surface area contributed by atoms with Gasteiger partial charge in [0.2, 0.25) is 0 Å². The van der Waals surface area contributed by atoms with Gasteiger partial charge in [0.15, 0.2) is 0 Å². The Morgan fingerprint density at radius 1 is 1.05 bits per heavy atom. The molecule has 0 saturated heterocycles. The Kier molecular flexibility index (Phi) is 3.40. The molecule has 0 amide bonds. The normalized spacial score (nSPS) is 14.3. The first kappa shape index (κ1) is 14.9. The number of hydrogen-bond acceptors (Lipinski definition) is 2. The van der Waals surface area contributed by atoms with Gasteiger partial charge in [0, 0.05) is 18.2 Å². The van der Waals surface area contributed by atoms with Gasteiger partial charge in [0.25, 0.3) is 10.0 Å². The fourth-order valence-corrected chi connectivity index (χ4v) is 4.21. The van der Waals surface area contributed by atoms with E-state index in [0.29, 0.717) is 11.6 Å². The van der Waals surface area contributed by atoms with E-state index in [1.807, 2.05) is 0 Å². The lowest BCUT2D eigenvalue weighted by Crippen LogP contribution is -2.30. The van der Waals surface area contributed by atoms with Crippen molar-refractivity contribution in [3.8, 4) is 0 Å². The molecule has 3 rings (SSSR count). The van der Waals surface area contributed by atoms with Gasteiger partial charge in [-0.1, -0.05) is 6.07 Å². The Morgan fingerprint density at radius 2 is 1.77 bits per heavy atom. The monoisotopic (exact) mass is 327 g/mol. The van der Waals surface area contributed by atoms with Gasteiger partial charge in [0.1, 0.15) is 22.3 Å². The Hall–Kier alpha value is -2.02. The highest BCUT2D eigenvalue weighted by Crippen LogP contribution is 2.35. The highest BCUT2D eigenvalue weighted by molar-refractivity contribution is 7.92. The molecule has 22 heavy (non-hydrogen) atoms. The molecule has 0 bridgehead atoms. The summed E-state index contributed by atoms with van der Waals surface area (Å²) in [7, 11) is -4.21. The SMILES string of the molecule is Cc1ccc(F)c(S(=O)(=O)N2CCc3c(F)cc(F)cc32)c1. The predicted molar refractivity (Wildman–Crippen MR) is 75.7 cm³/mol. The van der Waals surface area contributed by atoms with Crippen LogP contribution in [0.1, 0.15) is 11.1 Å². The molecule has 2 aromatic carbocycles. The topological polar surface area (TPSA) is 37.4 Å². The number of nitrogens with zero attached hydrogens (tertiary/aromatic N) is 1. The second-order valence-corrected chi connectivity index (χ2v) is 6.98. The van der Waals surface area contributed by atoms with Crippen molar-refractivity contribution in [3.05, 3.63) is 58.9 Å². The van der Waals surface area contributed by atoms with E-state index in [2.05, 4.69) is 0 Å². The minimum Gasteiger partial charge on any atom is -0.265 e. The van der Waals surface area contributed by atoms with Crippen LogP contribution in [-0.4, -0.2) is 15.0 Å². The number of hydrogen-bond donors (Lipinski definition) is 0. The molecule has 116 valence electrons. The van der Waals surface area contributed by atoms with E-state index < -0.39 is 32.4 Å².